The highest BCUT2D eigenvalue weighted by atomic mass is 16.3. The van der Waals surface area contributed by atoms with Crippen LogP contribution in [0.2, 0.25) is 0 Å². The van der Waals surface area contributed by atoms with Gasteiger partial charge in [-0.05, 0) is 50.5 Å². The van der Waals surface area contributed by atoms with Crippen molar-refractivity contribution in [2.24, 2.45) is 17.8 Å². The minimum absolute atomic E-state index is 0.367. The van der Waals surface area contributed by atoms with Gasteiger partial charge in [0.1, 0.15) is 0 Å². The van der Waals surface area contributed by atoms with Crippen LogP contribution < -0.4 is 0 Å². The van der Waals surface area contributed by atoms with Crippen molar-refractivity contribution in [3.8, 4) is 0 Å². The van der Waals surface area contributed by atoms with Crippen molar-refractivity contribution in [1.29, 1.82) is 0 Å². The Labute approximate surface area is 99.3 Å². The SMILES string of the molecule is CC1=CCC[C@H](C)[C@@H]1CN1CC[C@H](CO)C1. The number of nitrogens with zero attached hydrogens (tertiary/aromatic N) is 1. The standard InChI is InChI=1S/C14H25NO/c1-11-4-3-5-12(2)14(11)9-15-7-6-13(8-15)10-16/h4,12-14,16H,3,5-10H2,1-2H3/t12-,13-,14+/m0/s1. The third kappa shape index (κ3) is 2.67. The van der Waals surface area contributed by atoms with E-state index in [9.17, 15) is 0 Å². The number of hydrogen-bond donors (Lipinski definition) is 1. The maximum absolute atomic E-state index is 9.16. The summed E-state index contributed by atoms with van der Waals surface area (Å²) in [6.07, 6.45) is 6.21. The molecule has 1 saturated heterocycles. The molecule has 0 aromatic carbocycles. The number of aliphatic hydroxyl groups excluding tert-OH is 1. The van der Waals surface area contributed by atoms with E-state index in [1.54, 1.807) is 5.57 Å². The molecular weight excluding hydrogens is 198 g/mol. The molecule has 1 heterocycles. The minimum atomic E-state index is 0.367. The fourth-order valence-corrected chi connectivity index (χ4v) is 3.21. The van der Waals surface area contributed by atoms with Crippen LogP contribution in [-0.4, -0.2) is 36.2 Å². The smallest absolute Gasteiger partial charge is 0.0471 e. The van der Waals surface area contributed by atoms with E-state index in [0.717, 1.165) is 18.4 Å². The molecule has 0 bridgehead atoms. The maximum Gasteiger partial charge on any atom is 0.0471 e. The van der Waals surface area contributed by atoms with Crippen molar-refractivity contribution in [3.05, 3.63) is 11.6 Å². The Morgan fingerprint density at radius 1 is 1.44 bits per heavy atom. The predicted molar refractivity (Wildman–Crippen MR) is 67.3 cm³/mol. The lowest BCUT2D eigenvalue weighted by atomic mass is 9.80. The Kier molecular flexibility index (Phi) is 4.04. The van der Waals surface area contributed by atoms with Crippen LogP contribution in [0.1, 0.15) is 33.1 Å². The number of likely N-dealkylation sites (tertiary alicyclic amines) is 1. The Hall–Kier alpha value is -0.340. The number of rotatable bonds is 3. The molecular formula is C14H25NO. The molecule has 2 heteroatoms. The lowest BCUT2D eigenvalue weighted by Gasteiger charge is -2.32. The molecule has 1 aliphatic carbocycles. The first-order valence-corrected chi connectivity index (χ1v) is 6.70. The van der Waals surface area contributed by atoms with Crippen molar-refractivity contribution in [2.45, 2.75) is 33.1 Å². The van der Waals surface area contributed by atoms with Crippen LogP contribution in [0, 0.1) is 17.8 Å². The summed E-state index contributed by atoms with van der Waals surface area (Å²) < 4.78 is 0. The number of aliphatic hydroxyl groups is 1. The van der Waals surface area contributed by atoms with E-state index >= 15 is 0 Å². The second-order valence-corrected chi connectivity index (χ2v) is 5.71. The van der Waals surface area contributed by atoms with Gasteiger partial charge < -0.3 is 10.0 Å². The van der Waals surface area contributed by atoms with Crippen LogP contribution in [0.3, 0.4) is 0 Å². The van der Waals surface area contributed by atoms with Crippen LogP contribution in [0.4, 0.5) is 0 Å². The largest absolute Gasteiger partial charge is 0.396 e. The molecule has 0 amide bonds. The Bertz CT molecular complexity index is 261. The highest BCUT2D eigenvalue weighted by molar-refractivity contribution is 5.09. The summed E-state index contributed by atoms with van der Waals surface area (Å²) in [5, 5.41) is 9.16. The molecule has 0 saturated carbocycles. The van der Waals surface area contributed by atoms with Crippen LogP contribution in [0.5, 0.6) is 0 Å². The average Bonchev–Trinajstić information content (AvgIpc) is 2.71. The van der Waals surface area contributed by atoms with Crippen molar-refractivity contribution < 1.29 is 5.11 Å². The van der Waals surface area contributed by atoms with Crippen LogP contribution in [0.15, 0.2) is 11.6 Å². The fraction of sp³-hybridized carbons (Fsp3) is 0.857. The molecule has 0 aromatic heterocycles. The van der Waals surface area contributed by atoms with E-state index in [-0.39, 0.29) is 0 Å². The molecule has 0 unspecified atom stereocenters. The van der Waals surface area contributed by atoms with Crippen molar-refractivity contribution >= 4 is 0 Å². The third-order valence-corrected chi connectivity index (χ3v) is 4.44. The molecule has 0 spiro atoms. The summed E-state index contributed by atoms with van der Waals surface area (Å²) in [7, 11) is 0. The number of allylic oxidation sites excluding steroid dienone is 1. The van der Waals surface area contributed by atoms with Crippen molar-refractivity contribution in [1.82, 2.24) is 4.90 Å². The second kappa shape index (κ2) is 5.33. The summed E-state index contributed by atoms with van der Waals surface area (Å²) in [5.41, 5.74) is 1.59. The molecule has 16 heavy (non-hydrogen) atoms. The lowest BCUT2D eigenvalue weighted by Crippen LogP contribution is -2.32. The fourth-order valence-electron chi connectivity index (χ4n) is 3.21. The van der Waals surface area contributed by atoms with Gasteiger partial charge in [0.25, 0.3) is 0 Å². The molecule has 1 aliphatic heterocycles. The monoisotopic (exact) mass is 223 g/mol. The summed E-state index contributed by atoms with van der Waals surface area (Å²) >= 11 is 0. The molecule has 92 valence electrons. The first-order valence-electron chi connectivity index (χ1n) is 6.70. The van der Waals surface area contributed by atoms with Gasteiger partial charge in [0, 0.05) is 19.7 Å². The Morgan fingerprint density at radius 2 is 2.25 bits per heavy atom. The molecule has 2 rings (SSSR count). The molecule has 1 fully saturated rings. The van der Waals surface area contributed by atoms with Crippen LogP contribution >= 0.6 is 0 Å². The first-order chi connectivity index (χ1) is 7.70. The lowest BCUT2D eigenvalue weighted by molar-refractivity contribution is 0.203. The Balaban J connectivity index is 1.89. The van der Waals surface area contributed by atoms with Gasteiger partial charge in [-0.1, -0.05) is 18.6 Å². The van der Waals surface area contributed by atoms with Gasteiger partial charge in [-0.15, -0.1) is 0 Å². The quantitative estimate of drug-likeness (QED) is 0.742. The zero-order chi connectivity index (χ0) is 11.5. The summed E-state index contributed by atoms with van der Waals surface area (Å²) in [5.74, 6) is 2.12. The molecule has 1 N–H and O–H groups in total. The van der Waals surface area contributed by atoms with E-state index < -0.39 is 0 Å². The molecule has 0 aromatic rings. The van der Waals surface area contributed by atoms with Crippen molar-refractivity contribution in [2.75, 3.05) is 26.2 Å². The summed E-state index contributed by atoms with van der Waals surface area (Å²) in [6.45, 7) is 8.54. The van der Waals surface area contributed by atoms with Crippen LogP contribution in [-0.2, 0) is 0 Å². The van der Waals surface area contributed by atoms with Gasteiger partial charge in [-0.3, -0.25) is 0 Å². The zero-order valence-electron chi connectivity index (χ0n) is 10.7. The second-order valence-electron chi connectivity index (χ2n) is 5.71. The van der Waals surface area contributed by atoms with Gasteiger partial charge in [0.2, 0.25) is 0 Å². The highest BCUT2D eigenvalue weighted by Gasteiger charge is 2.28. The third-order valence-electron chi connectivity index (χ3n) is 4.44. The molecule has 2 nitrogen and oxygen atoms in total. The number of hydrogen-bond acceptors (Lipinski definition) is 2. The van der Waals surface area contributed by atoms with E-state index in [1.807, 2.05) is 0 Å². The first kappa shape index (κ1) is 12.1. The minimum Gasteiger partial charge on any atom is -0.396 e. The predicted octanol–water partition coefficient (Wildman–Crippen LogP) is 2.29. The maximum atomic E-state index is 9.16. The van der Waals surface area contributed by atoms with Gasteiger partial charge in [0.15, 0.2) is 0 Å². The van der Waals surface area contributed by atoms with Gasteiger partial charge in [-0.25, -0.2) is 0 Å². The molecule has 2 aliphatic rings. The van der Waals surface area contributed by atoms with Crippen molar-refractivity contribution in [3.63, 3.8) is 0 Å². The van der Waals surface area contributed by atoms with E-state index in [0.29, 0.717) is 12.5 Å². The summed E-state index contributed by atoms with van der Waals surface area (Å²) in [6, 6.07) is 0. The Morgan fingerprint density at radius 3 is 2.88 bits per heavy atom. The summed E-state index contributed by atoms with van der Waals surface area (Å²) in [4.78, 5) is 2.55. The highest BCUT2D eigenvalue weighted by Crippen LogP contribution is 2.31. The van der Waals surface area contributed by atoms with Gasteiger partial charge >= 0.3 is 0 Å². The topological polar surface area (TPSA) is 23.5 Å². The van der Waals surface area contributed by atoms with Gasteiger partial charge in [0.05, 0.1) is 0 Å². The normalized spacial score (nSPS) is 36.4. The van der Waals surface area contributed by atoms with Crippen LogP contribution in [0.25, 0.3) is 0 Å². The van der Waals surface area contributed by atoms with E-state index in [4.69, 9.17) is 5.11 Å². The van der Waals surface area contributed by atoms with E-state index in [1.165, 1.54) is 32.4 Å². The zero-order valence-corrected chi connectivity index (χ0v) is 10.7. The molecule has 3 atom stereocenters. The molecule has 0 radical (unpaired) electrons. The van der Waals surface area contributed by atoms with E-state index in [2.05, 4.69) is 24.8 Å². The average molecular weight is 223 g/mol. The van der Waals surface area contributed by atoms with Gasteiger partial charge in [-0.2, -0.15) is 0 Å².